The monoisotopic (exact) mass is 152 g/mol. The van der Waals surface area contributed by atoms with Gasteiger partial charge in [-0.05, 0) is 48.9 Å². The second-order valence-electron chi connectivity index (χ2n) is 5.13. The third-order valence-electron chi connectivity index (χ3n) is 3.95. The standard InChI is InChI=1S/C11H20/c1-7(2)11-8(3)4-9-5-10(11)6-9/h7-11H,4-6H2,1-3H3. The fourth-order valence-corrected chi connectivity index (χ4v) is 3.64. The summed E-state index contributed by atoms with van der Waals surface area (Å²) in [7, 11) is 0. The largest absolute Gasteiger partial charge is 0.0625 e. The molecule has 2 unspecified atom stereocenters. The Kier molecular flexibility index (Phi) is 1.74. The van der Waals surface area contributed by atoms with Crippen LogP contribution in [0.5, 0.6) is 0 Å². The topological polar surface area (TPSA) is 0 Å². The van der Waals surface area contributed by atoms with Gasteiger partial charge >= 0.3 is 0 Å². The molecule has 2 atom stereocenters. The van der Waals surface area contributed by atoms with E-state index in [1.165, 1.54) is 6.42 Å². The fourth-order valence-electron chi connectivity index (χ4n) is 3.64. The molecule has 0 aliphatic heterocycles. The van der Waals surface area contributed by atoms with E-state index in [1.807, 2.05) is 0 Å². The van der Waals surface area contributed by atoms with Gasteiger partial charge in [0.05, 0.1) is 0 Å². The van der Waals surface area contributed by atoms with Crippen LogP contribution in [0.2, 0.25) is 0 Å². The summed E-state index contributed by atoms with van der Waals surface area (Å²) in [6, 6.07) is 0. The molecule has 0 spiro atoms. The highest BCUT2D eigenvalue weighted by Crippen LogP contribution is 2.53. The van der Waals surface area contributed by atoms with Gasteiger partial charge in [-0.2, -0.15) is 0 Å². The average Bonchev–Trinajstić information content (AvgIpc) is 1.83. The SMILES string of the molecule is CC(C)C1C(C)CC2CC1C2. The van der Waals surface area contributed by atoms with Crippen LogP contribution in [0.3, 0.4) is 0 Å². The minimum Gasteiger partial charge on any atom is -0.0625 e. The van der Waals surface area contributed by atoms with E-state index in [0.717, 1.165) is 29.6 Å². The van der Waals surface area contributed by atoms with Gasteiger partial charge in [-0.25, -0.2) is 0 Å². The number of hydrogen-bond donors (Lipinski definition) is 0. The van der Waals surface area contributed by atoms with Crippen LogP contribution < -0.4 is 0 Å². The summed E-state index contributed by atoms with van der Waals surface area (Å²) in [4.78, 5) is 0. The lowest BCUT2D eigenvalue weighted by atomic mass is 9.54. The molecule has 0 heteroatoms. The summed E-state index contributed by atoms with van der Waals surface area (Å²) in [6.45, 7) is 7.27. The molecule has 0 N–H and O–H groups in total. The first-order valence-corrected chi connectivity index (χ1v) is 5.18. The Hall–Kier alpha value is 0. The summed E-state index contributed by atoms with van der Waals surface area (Å²) < 4.78 is 0. The van der Waals surface area contributed by atoms with Crippen LogP contribution in [-0.2, 0) is 0 Å². The number of rotatable bonds is 1. The van der Waals surface area contributed by atoms with Crippen LogP contribution in [0.1, 0.15) is 40.0 Å². The normalized spacial score (nSPS) is 49.1. The maximum Gasteiger partial charge on any atom is -0.0337 e. The molecule has 0 aromatic carbocycles. The summed E-state index contributed by atoms with van der Waals surface area (Å²) >= 11 is 0. The Morgan fingerprint density at radius 2 is 1.73 bits per heavy atom. The second-order valence-corrected chi connectivity index (χ2v) is 5.13. The fraction of sp³-hybridized carbons (Fsp3) is 1.00. The molecule has 0 nitrogen and oxygen atoms in total. The molecule has 0 heterocycles. The molecule has 0 saturated heterocycles. The third kappa shape index (κ3) is 1.11. The molecular formula is C11H20. The Morgan fingerprint density at radius 1 is 1.09 bits per heavy atom. The summed E-state index contributed by atoms with van der Waals surface area (Å²) in [5, 5.41) is 0. The van der Waals surface area contributed by atoms with Crippen molar-refractivity contribution in [3.05, 3.63) is 0 Å². The minimum atomic E-state index is 0.927. The van der Waals surface area contributed by atoms with Gasteiger partial charge in [0.1, 0.15) is 0 Å². The first-order chi connectivity index (χ1) is 5.18. The molecule has 0 aromatic rings. The molecule has 3 fully saturated rings. The van der Waals surface area contributed by atoms with Gasteiger partial charge < -0.3 is 0 Å². The van der Waals surface area contributed by atoms with Crippen molar-refractivity contribution in [1.29, 1.82) is 0 Å². The highest BCUT2D eigenvalue weighted by molar-refractivity contribution is 4.94. The minimum absolute atomic E-state index is 0.927. The van der Waals surface area contributed by atoms with Gasteiger partial charge in [0.2, 0.25) is 0 Å². The van der Waals surface area contributed by atoms with Crippen molar-refractivity contribution >= 4 is 0 Å². The van der Waals surface area contributed by atoms with Crippen molar-refractivity contribution in [1.82, 2.24) is 0 Å². The summed E-state index contributed by atoms with van der Waals surface area (Å²) in [6.07, 6.45) is 4.65. The van der Waals surface area contributed by atoms with Gasteiger partial charge in [0.25, 0.3) is 0 Å². The first-order valence-electron chi connectivity index (χ1n) is 5.18. The van der Waals surface area contributed by atoms with Crippen molar-refractivity contribution in [2.45, 2.75) is 40.0 Å². The van der Waals surface area contributed by atoms with E-state index in [-0.39, 0.29) is 0 Å². The highest BCUT2D eigenvalue weighted by Gasteiger charge is 2.44. The van der Waals surface area contributed by atoms with Gasteiger partial charge in [-0.15, -0.1) is 0 Å². The van der Waals surface area contributed by atoms with E-state index in [4.69, 9.17) is 0 Å². The molecule has 2 bridgehead atoms. The van der Waals surface area contributed by atoms with Crippen LogP contribution in [0.4, 0.5) is 0 Å². The van der Waals surface area contributed by atoms with Gasteiger partial charge in [0, 0.05) is 0 Å². The Morgan fingerprint density at radius 3 is 2.09 bits per heavy atom. The summed E-state index contributed by atoms with van der Waals surface area (Å²) in [5.41, 5.74) is 0. The van der Waals surface area contributed by atoms with E-state index >= 15 is 0 Å². The van der Waals surface area contributed by atoms with Crippen molar-refractivity contribution in [2.75, 3.05) is 0 Å². The summed E-state index contributed by atoms with van der Waals surface area (Å²) in [5.74, 6) is 5.25. The predicted octanol–water partition coefficient (Wildman–Crippen LogP) is 3.32. The quantitative estimate of drug-likeness (QED) is 0.540. The highest BCUT2D eigenvalue weighted by atomic mass is 14.5. The lowest BCUT2D eigenvalue weighted by molar-refractivity contribution is -0.0189. The van der Waals surface area contributed by atoms with Crippen LogP contribution in [-0.4, -0.2) is 0 Å². The van der Waals surface area contributed by atoms with Crippen molar-refractivity contribution in [2.24, 2.45) is 29.6 Å². The van der Waals surface area contributed by atoms with Crippen molar-refractivity contribution in [3.8, 4) is 0 Å². The van der Waals surface area contributed by atoms with Crippen molar-refractivity contribution < 1.29 is 0 Å². The Labute approximate surface area is 70.4 Å². The zero-order valence-electron chi connectivity index (χ0n) is 8.01. The van der Waals surface area contributed by atoms with Crippen LogP contribution in [0, 0.1) is 29.6 Å². The Balaban J connectivity index is 2.04. The zero-order valence-corrected chi connectivity index (χ0v) is 8.01. The lowest BCUT2D eigenvalue weighted by Crippen LogP contribution is -2.43. The molecule has 0 amide bonds. The average molecular weight is 152 g/mol. The molecule has 0 radical (unpaired) electrons. The van der Waals surface area contributed by atoms with E-state index in [1.54, 1.807) is 12.8 Å². The smallest absolute Gasteiger partial charge is 0.0337 e. The van der Waals surface area contributed by atoms with E-state index in [0.29, 0.717) is 0 Å². The van der Waals surface area contributed by atoms with E-state index < -0.39 is 0 Å². The molecule has 0 aromatic heterocycles. The van der Waals surface area contributed by atoms with Gasteiger partial charge in [-0.3, -0.25) is 0 Å². The molecule has 3 aliphatic rings. The molecule has 3 saturated carbocycles. The first kappa shape index (κ1) is 7.64. The Bertz CT molecular complexity index is 140. The second kappa shape index (κ2) is 2.50. The molecular weight excluding hydrogens is 132 g/mol. The van der Waals surface area contributed by atoms with Crippen LogP contribution >= 0.6 is 0 Å². The molecule has 3 rings (SSSR count). The van der Waals surface area contributed by atoms with E-state index in [9.17, 15) is 0 Å². The third-order valence-corrected chi connectivity index (χ3v) is 3.95. The molecule has 3 aliphatic carbocycles. The van der Waals surface area contributed by atoms with Crippen molar-refractivity contribution in [3.63, 3.8) is 0 Å². The lowest BCUT2D eigenvalue weighted by Gasteiger charge is -2.52. The van der Waals surface area contributed by atoms with Gasteiger partial charge in [-0.1, -0.05) is 20.8 Å². The number of fused-ring (bicyclic) bond motifs is 2. The molecule has 11 heavy (non-hydrogen) atoms. The maximum atomic E-state index is 2.46. The predicted molar refractivity (Wildman–Crippen MR) is 48.3 cm³/mol. The zero-order chi connectivity index (χ0) is 8.01. The van der Waals surface area contributed by atoms with Crippen LogP contribution in [0.15, 0.2) is 0 Å². The van der Waals surface area contributed by atoms with E-state index in [2.05, 4.69) is 20.8 Å². The maximum absolute atomic E-state index is 2.46. The molecule has 64 valence electrons. The number of hydrogen-bond acceptors (Lipinski definition) is 0. The van der Waals surface area contributed by atoms with Gasteiger partial charge in [0.15, 0.2) is 0 Å². The van der Waals surface area contributed by atoms with Crippen LogP contribution in [0.25, 0.3) is 0 Å².